The molecule has 0 bridgehead atoms. The van der Waals surface area contributed by atoms with Crippen molar-refractivity contribution >= 4 is 5.97 Å². The minimum absolute atomic E-state index is 0.0547. The molecule has 0 atom stereocenters. The average Bonchev–Trinajstić information content (AvgIpc) is 2.88. The van der Waals surface area contributed by atoms with Gasteiger partial charge in [0.05, 0.1) is 13.7 Å². The van der Waals surface area contributed by atoms with E-state index in [-0.39, 0.29) is 5.97 Å². The number of ether oxygens (including phenoxy) is 2. The van der Waals surface area contributed by atoms with E-state index < -0.39 is 0 Å². The van der Waals surface area contributed by atoms with Crippen LogP contribution in [0.1, 0.15) is 147 Å². The molecule has 202 valence electrons. The Hall–Kier alpha value is -1.51. The van der Waals surface area contributed by atoms with Crippen molar-refractivity contribution in [3.05, 3.63) is 29.8 Å². The summed E-state index contributed by atoms with van der Waals surface area (Å²) in [7, 11) is 1.66. The van der Waals surface area contributed by atoms with E-state index in [1.54, 1.807) is 7.11 Å². The van der Waals surface area contributed by atoms with Crippen LogP contribution in [0.3, 0.4) is 0 Å². The lowest BCUT2D eigenvalue weighted by molar-refractivity contribution is -0.143. The van der Waals surface area contributed by atoms with Crippen molar-refractivity contribution in [1.82, 2.24) is 0 Å². The van der Waals surface area contributed by atoms with Crippen LogP contribution in [0, 0.1) is 0 Å². The number of carbonyl (C=O) groups excluding carboxylic acids is 1. The summed E-state index contributed by atoms with van der Waals surface area (Å²) in [5.41, 5.74) is 1.16. The van der Waals surface area contributed by atoms with Gasteiger partial charge in [-0.25, -0.2) is 0 Å². The van der Waals surface area contributed by atoms with Crippen LogP contribution < -0.4 is 4.74 Å². The molecule has 0 amide bonds. The molecule has 3 nitrogen and oxygen atoms in total. The topological polar surface area (TPSA) is 35.5 Å². The van der Waals surface area contributed by atoms with Crippen LogP contribution >= 0.6 is 0 Å². The van der Waals surface area contributed by atoms with Crippen LogP contribution in [0.25, 0.3) is 0 Å². The molecule has 3 heteroatoms. The van der Waals surface area contributed by atoms with Gasteiger partial charge >= 0.3 is 5.97 Å². The van der Waals surface area contributed by atoms with Crippen LogP contribution in [0.5, 0.6) is 5.75 Å². The zero-order valence-corrected chi connectivity index (χ0v) is 23.3. The highest BCUT2D eigenvalue weighted by molar-refractivity contribution is 5.69. The van der Waals surface area contributed by atoms with Crippen molar-refractivity contribution in [1.29, 1.82) is 0 Å². The van der Waals surface area contributed by atoms with Crippen molar-refractivity contribution in [3.8, 4) is 5.75 Å². The Kier molecular flexibility index (Phi) is 21.8. The van der Waals surface area contributed by atoms with Crippen molar-refractivity contribution in [2.45, 2.75) is 148 Å². The Morgan fingerprint density at radius 3 is 1.40 bits per heavy atom. The lowest BCUT2D eigenvalue weighted by Crippen LogP contribution is -2.07. The molecule has 0 unspecified atom stereocenters. The van der Waals surface area contributed by atoms with Gasteiger partial charge in [-0.05, 0) is 24.1 Å². The summed E-state index contributed by atoms with van der Waals surface area (Å²) < 4.78 is 10.5. The quantitative estimate of drug-likeness (QED) is 0.101. The van der Waals surface area contributed by atoms with Crippen LogP contribution in [0.4, 0.5) is 0 Å². The molecule has 0 saturated heterocycles. The van der Waals surface area contributed by atoms with E-state index in [0.717, 1.165) is 30.6 Å². The Labute approximate surface area is 217 Å². The van der Waals surface area contributed by atoms with E-state index in [2.05, 4.69) is 6.92 Å². The van der Waals surface area contributed by atoms with E-state index in [9.17, 15) is 4.79 Å². The lowest BCUT2D eigenvalue weighted by Gasteiger charge is -2.06. The van der Waals surface area contributed by atoms with Gasteiger partial charge in [0.2, 0.25) is 0 Å². The third-order valence-electron chi connectivity index (χ3n) is 7.05. The van der Waals surface area contributed by atoms with Gasteiger partial charge in [0, 0.05) is 12.8 Å². The molecule has 0 radical (unpaired) electrons. The molecule has 0 spiro atoms. The largest absolute Gasteiger partial charge is 0.497 e. The highest BCUT2D eigenvalue weighted by Crippen LogP contribution is 2.15. The van der Waals surface area contributed by atoms with Gasteiger partial charge in [-0.2, -0.15) is 0 Å². The predicted octanol–water partition coefficient (Wildman–Crippen LogP) is 9.99. The Morgan fingerprint density at radius 2 is 1.00 bits per heavy atom. The summed E-state index contributed by atoms with van der Waals surface area (Å²) in [6.45, 7) is 2.75. The van der Waals surface area contributed by atoms with Gasteiger partial charge in [-0.15, -0.1) is 0 Å². The molecule has 0 N–H and O–H groups in total. The predicted molar refractivity (Wildman–Crippen MR) is 150 cm³/mol. The molecule has 0 aromatic heterocycles. The first kappa shape index (κ1) is 31.5. The Bertz CT molecular complexity index is 581. The van der Waals surface area contributed by atoms with Crippen molar-refractivity contribution < 1.29 is 14.3 Å². The van der Waals surface area contributed by atoms with Crippen molar-refractivity contribution in [3.63, 3.8) is 0 Å². The number of carbonyl (C=O) groups is 1. The minimum Gasteiger partial charge on any atom is -0.497 e. The fourth-order valence-corrected chi connectivity index (χ4v) is 4.67. The van der Waals surface area contributed by atoms with E-state index in [1.807, 2.05) is 24.3 Å². The second-order valence-electron chi connectivity index (χ2n) is 10.3. The molecular weight excluding hydrogens is 432 g/mol. The summed E-state index contributed by atoms with van der Waals surface area (Å²) >= 11 is 0. The van der Waals surface area contributed by atoms with E-state index in [0.29, 0.717) is 13.0 Å². The maximum Gasteiger partial charge on any atom is 0.305 e. The standard InChI is InChI=1S/C32H56O3/c1-3-4-5-6-7-8-9-10-11-12-13-14-15-16-17-18-19-20-21-22-23-32(33)35-29-28-30-24-26-31(34-2)27-25-30/h24-27H,3-23,28-29H2,1-2H3. The zero-order valence-electron chi connectivity index (χ0n) is 23.3. The van der Waals surface area contributed by atoms with Crippen LogP contribution in [-0.4, -0.2) is 19.7 Å². The van der Waals surface area contributed by atoms with Gasteiger partial charge in [0.25, 0.3) is 0 Å². The zero-order chi connectivity index (χ0) is 25.2. The minimum atomic E-state index is -0.0547. The Balaban J connectivity index is 1.75. The molecule has 1 rings (SSSR count). The van der Waals surface area contributed by atoms with Crippen LogP contribution in [0.2, 0.25) is 0 Å². The summed E-state index contributed by atoms with van der Waals surface area (Å²) in [5, 5.41) is 0. The number of methoxy groups -OCH3 is 1. The number of hydrogen-bond donors (Lipinski definition) is 0. The lowest BCUT2D eigenvalue weighted by atomic mass is 10.0. The molecule has 35 heavy (non-hydrogen) atoms. The normalized spacial score (nSPS) is 11.0. The number of hydrogen-bond acceptors (Lipinski definition) is 3. The summed E-state index contributed by atoms with van der Waals surface area (Å²) in [5.74, 6) is 0.797. The maximum absolute atomic E-state index is 11.9. The van der Waals surface area contributed by atoms with E-state index >= 15 is 0 Å². The molecule has 0 fully saturated rings. The molecule has 1 aromatic rings. The SMILES string of the molecule is CCCCCCCCCCCCCCCCCCCCCCC(=O)OCCc1ccc(OC)cc1. The molecule has 1 aromatic carbocycles. The third kappa shape index (κ3) is 20.4. The number of unbranched alkanes of at least 4 members (excludes halogenated alkanes) is 19. The summed E-state index contributed by atoms with van der Waals surface area (Å²) in [6.07, 6.45) is 28.8. The number of benzene rings is 1. The first-order valence-electron chi connectivity index (χ1n) is 15.0. The number of esters is 1. The fraction of sp³-hybridized carbons (Fsp3) is 0.781. The monoisotopic (exact) mass is 488 g/mol. The highest BCUT2D eigenvalue weighted by atomic mass is 16.5. The Morgan fingerprint density at radius 1 is 0.600 bits per heavy atom. The first-order chi connectivity index (χ1) is 17.3. The van der Waals surface area contributed by atoms with Crippen molar-refractivity contribution in [2.75, 3.05) is 13.7 Å². The van der Waals surface area contributed by atoms with Gasteiger partial charge in [0.1, 0.15) is 5.75 Å². The first-order valence-corrected chi connectivity index (χ1v) is 15.0. The van der Waals surface area contributed by atoms with Gasteiger partial charge < -0.3 is 9.47 Å². The van der Waals surface area contributed by atoms with E-state index in [4.69, 9.17) is 9.47 Å². The van der Waals surface area contributed by atoms with Gasteiger partial charge in [0.15, 0.2) is 0 Å². The molecule has 0 aliphatic rings. The van der Waals surface area contributed by atoms with Crippen LogP contribution in [-0.2, 0) is 16.0 Å². The fourth-order valence-electron chi connectivity index (χ4n) is 4.67. The molecule has 0 aliphatic heterocycles. The second-order valence-corrected chi connectivity index (χ2v) is 10.3. The molecule has 0 saturated carbocycles. The second kappa shape index (κ2) is 24.2. The van der Waals surface area contributed by atoms with E-state index in [1.165, 1.54) is 116 Å². The average molecular weight is 489 g/mol. The molecular formula is C32H56O3. The third-order valence-corrected chi connectivity index (χ3v) is 7.05. The summed E-state index contributed by atoms with van der Waals surface area (Å²) in [4.78, 5) is 11.9. The van der Waals surface area contributed by atoms with Crippen molar-refractivity contribution in [2.24, 2.45) is 0 Å². The highest BCUT2D eigenvalue weighted by Gasteiger charge is 2.03. The molecule has 0 aliphatic carbocycles. The molecule has 0 heterocycles. The summed E-state index contributed by atoms with van der Waals surface area (Å²) in [6, 6.07) is 7.92. The van der Waals surface area contributed by atoms with Gasteiger partial charge in [-0.1, -0.05) is 141 Å². The maximum atomic E-state index is 11.9. The van der Waals surface area contributed by atoms with Crippen LogP contribution in [0.15, 0.2) is 24.3 Å². The number of rotatable bonds is 25. The van der Waals surface area contributed by atoms with Gasteiger partial charge in [-0.3, -0.25) is 4.79 Å². The smallest absolute Gasteiger partial charge is 0.305 e.